The molecule has 82 valence electrons. The van der Waals surface area contributed by atoms with Gasteiger partial charge in [-0.3, -0.25) is 4.79 Å². The number of thiophene rings is 1. The first-order valence-corrected chi connectivity index (χ1v) is 5.81. The zero-order valence-corrected chi connectivity index (χ0v) is 9.67. The first-order valence-electron chi connectivity index (χ1n) is 4.86. The van der Waals surface area contributed by atoms with E-state index >= 15 is 0 Å². The molecule has 1 aromatic heterocycles. The highest BCUT2D eigenvalue weighted by Crippen LogP contribution is 2.17. The number of anilines is 2. The van der Waals surface area contributed by atoms with Crippen LogP contribution in [0.25, 0.3) is 0 Å². The number of hydrogen-bond donors (Lipinski definition) is 2. The standard InChI is InChI=1S/C12H12N2OS/c1-8-2-3-10(11(13)6-8)12(15)14-9-4-5-16-7-9/h2-7H,13H2,1H3,(H,14,15). The number of rotatable bonds is 2. The summed E-state index contributed by atoms with van der Waals surface area (Å²) < 4.78 is 0. The van der Waals surface area contributed by atoms with Crippen LogP contribution in [0.5, 0.6) is 0 Å². The normalized spacial score (nSPS) is 10.1. The number of nitrogen functional groups attached to an aromatic ring is 1. The first kappa shape index (κ1) is 10.7. The molecule has 3 N–H and O–H groups in total. The highest BCUT2D eigenvalue weighted by Gasteiger charge is 2.09. The molecule has 2 rings (SSSR count). The average Bonchev–Trinajstić information content (AvgIpc) is 2.70. The molecule has 0 aliphatic carbocycles. The van der Waals surface area contributed by atoms with E-state index in [2.05, 4.69) is 5.32 Å². The van der Waals surface area contributed by atoms with Crippen LogP contribution in [-0.4, -0.2) is 5.91 Å². The number of aryl methyl sites for hydroxylation is 1. The maximum atomic E-state index is 11.9. The van der Waals surface area contributed by atoms with E-state index in [4.69, 9.17) is 5.73 Å². The highest BCUT2D eigenvalue weighted by atomic mass is 32.1. The molecular formula is C12H12N2OS. The van der Waals surface area contributed by atoms with Gasteiger partial charge in [0, 0.05) is 11.1 Å². The van der Waals surface area contributed by atoms with E-state index in [-0.39, 0.29) is 5.91 Å². The minimum absolute atomic E-state index is 0.170. The second kappa shape index (κ2) is 4.37. The van der Waals surface area contributed by atoms with Gasteiger partial charge in [-0.1, -0.05) is 6.07 Å². The SMILES string of the molecule is Cc1ccc(C(=O)Nc2ccsc2)c(N)c1. The molecular weight excluding hydrogens is 220 g/mol. The summed E-state index contributed by atoms with van der Waals surface area (Å²) in [6.07, 6.45) is 0. The van der Waals surface area contributed by atoms with Gasteiger partial charge in [0.15, 0.2) is 0 Å². The molecule has 4 heteroatoms. The Kier molecular flexibility index (Phi) is 2.92. The number of nitrogens with one attached hydrogen (secondary N) is 1. The second-order valence-electron chi connectivity index (χ2n) is 3.56. The maximum Gasteiger partial charge on any atom is 0.257 e. The maximum absolute atomic E-state index is 11.9. The van der Waals surface area contributed by atoms with Crippen LogP contribution in [0.2, 0.25) is 0 Å². The zero-order valence-electron chi connectivity index (χ0n) is 8.86. The monoisotopic (exact) mass is 232 g/mol. The Morgan fingerprint density at radius 3 is 2.81 bits per heavy atom. The van der Waals surface area contributed by atoms with Crippen molar-refractivity contribution in [2.45, 2.75) is 6.92 Å². The van der Waals surface area contributed by atoms with Crippen molar-refractivity contribution in [1.82, 2.24) is 0 Å². The summed E-state index contributed by atoms with van der Waals surface area (Å²) in [6.45, 7) is 1.94. The Hall–Kier alpha value is -1.81. The summed E-state index contributed by atoms with van der Waals surface area (Å²) in [5.74, 6) is -0.170. The van der Waals surface area contributed by atoms with Gasteiger partial charge in [0.05, 0.1) is 11.3 Å². The second-order valence-corrected chi connectivity index (χ2v) is 4.34. The summed E-state index contributed by atoms with van der Waals surface area (Å²) in [7, 11) is 0. The van der Waals surface area contributed by atoms with E-state index in [0.29, 0.717) is 11.3 Å². The van der Waals surface area contributed by atoms with Crippen molar-refractivity contribution in [2.75, 3.05) is 11.1 Å². The third-order valence-corrected chi connectivity index (χ3v) is 2.91. The fourth-order valence-electron chi connectivity index (χ4n) is 1.42. The molecule has 0 fully saturated rings. The van der Waals surface area contributed by atoms with Crippen LogP contribution in [-0.2, 0) is 0 Å². The van der Waals surface area contributed by atoms with Crippen molar-refractivity contribution in [3.05, 3.63) is 46.2 Å². The lowest BCUT2D eigenvalue weighted by molar-refractivity contribution is 0.102. The summed E-state index contributed by atoms with van der Waals surface area (Å²) in [6, 6.07) is 7.26. The van der Waals surface area contributed by atoms with E-state index < -0.39 is 0 Å². The van der Waals surface area contributed by atoms with E-state index in [1.807, 2.05) is 29.8 Å². The molecule has 3 nitrogen and oxygen atoms in total. The van der Waals surface area contributed by atoms with Crippen molar-refractivity contribution in [1.29, 1.82) is 0 Å². The van der Waals surface area contributed by atoms with Gasteiger partial charge in [-0.25, -0.2) is 0 Å². The van der Waals surface area contributed by atoms with E-state index in [0.717, 1.165) is 11.3 Å². The van der Waals surface area contributed by atoms with Gasteiger partial charge in [-0.15, -0.1) is 0 Å². The molecule has 0 aliphatic rings. The smallest absolute Gasteiger partial charge is 0.257 e. The van der Waals surface area contributed by atoms with Crippen LogP contribution >= 0.6 is 11.3 Å². The number of amides is 1. The molecule has 0 saturated carbocycles. The molecule has 1 heterocycles. The van der Waals surface area contributed by atoms with E-state index in [1.54, 1.807) is 12.1 Å². The van der Waals surface area contributed by atoms with Crippen LogP contribution in [0.15, 0.2) is 35.0 Å². The van der Waals surface area contributed by atoms with Gasteiger partial charge in [-0.2, -0.15) is 11.3 Å². The number of carbonyl (C=O) groups excluding carboxylic acids is 1. The Morgan fingerprint density at radius 1 is 1.38 bits per heavy atom. The quantitative estimate of drug-likeness (QED) is 0.782. The van der Waals surface area contributed by atoms with Crippen LogP contribution in [0.1, 0.15) is 15.9 Å². The Labute approximate surface area is 97.9 Å². The van der Waals surface area contributed by atoms with Crippen molar-refractivity contribution in [3.8, 4) is 0 Å². The Balaban J connectivity index is 2.21. The number of benzene rings is 1. The van der Waals surface area contributed by atoms with Gasteiger partial charge >= 0.3 is 0 Å². The Morgan fingerprint density at radius 2 is 2.19 bits per heavy atom. The lowest BCUT2D eigenvalue weighted by atomic mass is 10.1. The third-order valence-electron chi connectivity index (χ3n) is 2.23. The zero-order chi connectivity index (χ0) is 11.5. The van der Waals surface area contributed by atoms with Crippen molar-refractivity contribution >= 4 is 28.6 Å². The molecule has 0 radical (unpaired) electrons. The molecule has 0 unspecified atom stereocenters. The number of hydrogen-bond acceptors (Lipinski definition) is 3. The Bertz CT molecular complexity index is 506. The molecule has 1 aromatic carbocycles. The fourth-order valence-corrected chi connectivity index (χ4v) is 2.01. The highest BCUT2D eigenvalue weighted by molar-refractivity contribution is 7.08. The molecule has 2 aromatic rings. The summed E-state index contributed by atoms with van der Waals surface area (Å²) >= 11 is 1.54. The molecule has 0 atom stereocenters. The fraction of sp³-hybridized carbons (Fsp3) is 0.0833. The molecule has 16 heavy (non-hydrogen) atoms. The van der Waals surface area contributed by atoms with Crippen LogP contribution in [0, 0.1) is 6.92 Å². The largest absolute Gasteiger partial charge is 0.398 e. The van der Waals surface area contributed by atoms with Gasteiger partial charge < -0.3 is 11.1 Å². The van der Waals surface area contributed by atoms with Gasteiger partial charge in [-0.05, 0) is 36.1 Å². The predicted octanol–water partition coefficient (Wildman–Crippen LogP) is 2.89. The summed E-state index contributed by atoms with van der Waals surface area (Å²) in [5.41, 5.74) is 8.66. The predicted molar refractivity (Wildman–Crippen MR) is 67.9 cm³/mol. The molecule has 1 amide bonds. The lowest BCUT2D eigenvalue weighted by Gasteiger charge is -2.06. The summed E-state index contributed by atoms with van der Waals surface area (Å²) in [4.78, 5) is 11.9. The van der Waals surface area contributed by atoms with E-state index in [1.165, 1.54) is 11.3 Å². The van der Waals surface area contributed by atoms with Gasteiger partial charge in [0.2, 0.25) is 0 Å². The summed E-state index contributed by atoms with van der Waals surface area (Å²) in [5, 5.41) is 6.58. The molecule has 0 bridgehead atoms. The van der Waals surface area contributed by atoms with Crippen LogP contribution in [0.3, 0.4) is 0 Å². The van der Waals surface area contributed by atoms with Gasteiger partial charge in [0.25, 0.3) is 5.91 Å². The molecule has 0 saturated heterocycles. The lowest BCUT2D eigenvalue weighted by Crippen LogP contribution is -2.13. The number of carbonyl (C=O) groups is 1. The van der Waals surface area contributed by atoms with Crippen molar-refractivity contribution in [3.63, 3.8) is 0 Å². The first-order chi connectivity index (χ1) is 7.66. The average molecular weight is 232 g/mol. The molecule has 0 spiro atoms. The van der Waals surface area contributed by atoms with Crippen molar-refractivity contribution < 1.29 is 4.79 Å². The van der Waals surface area contributed by atoms with E-state index in [9.17, 15) is 4.79 Å². The van der Waals surface area contributed by atoms with Gasteiger partial charge in [0.1, 0.15) is 0 Å². The third kappa shape index (κ3) is 2.23. The number of nitrogens with two attached hydrogens (primary N) is 1. The van der Waals surface area contributed by atoms with Crippen molar-refractivity contribution in [2.24, 2.45) is 0 Å². The topological polar surface area (TPSA) is 55.1 Å². The minimum atomic E-state index is -0.170. The van der Waals surface area contributed by atoms with Crippen LogP contribution < -0.4 is 11.1 Å². The van der Waals surface area contributed by atoms with Crippen LogP contribution in [0.4, 0.5) is 11.4 Å². The minimum Gasteiger partial charge on any atom is -0.398 e. The molecule has 0 aliphatic heterocycles.